The first-order valence-corrected chi connectivity index (χ1v) is 7.22. The Morgan fingerprint density at radius 2 is 2.26 bits per heavy atom. The molecule has 0 spiro atoms. The number of carbonyl (C=O) groups is 1. The van der Waals surface area contributed by atoms with E-state index in [2.05, 4.69) is 18.7 Å². The van der Waals surface area contributed by atoms with Gasteiger partial charge in [-0.3, -0.25) is 9.69 Å². The second-order valence-electron chi connectivity index (χ2n) is 6.61. The van der Waals surface area contributed by atoms with Crippen LogP contribution < -0.4 is 5.73 Å². The minimum atomic E-state index is -0.998. The molecule has 5 heteroatoms. The first kappa shape index (κ1) is 14.8. The van der Waals surface area contributed by atoms with Gasteiger partial charge in [-0.15, -0.1) is 0 Å². The first-order valence-electron chi connectivity index (χ1n) is 7.22. The molecule has 0 aromatic heterocycles. The van der Waals surface area contributed by atoms with Crippen molar-refractivity contribution in [3.8, 4) is 0 Å². The van der Waals surface area contributed by atoms with Crippen molar-refractivity contribution >= 4 is 5.97 Å². The van der Waals surface area contributed by atoms with E-state index in [1.807, 2.05) is 0 Å². The maximum Gasteiger partial charge on any atom is 0.323 e. The van der Waals surface area contributed by atoms with Gasteiger partial charge in [-0.05, 0) is 45.6 Å². The minimum Gasteiger partial charge on any atom is -0.480 e. The maximum atomic E-state index is 11.3. The van der Waals surface area contributed by atoms with Gasteiger partial charge in [0.1, 0.15) is 5.54 Å². The smallest absolute Gasteiger partial charge is 0.323 e. The normalized spacial score (nSPS) is 35.4. The van der Waals surface area contributed by atoms with Crippen LogP contribution in [0.15, 0.2) is 0 Å². The van der Waals surface area contributed by atoms with Crippen LogP contribution in [0.4, 0.5) is 0 Å². The molecule has 1 saturated carbocycles. The van der Waals surface area contributed by atoms with Gasteiger partial charge in [0.2, 0.25) is 0 Å². The number of aliphatic carboxylic acids is 1. The summed E-state index contributed by atoms with van der Waals surface area (Å²) in [6.45, 7) is 7.71. The summed E-state index contributed by atoms with van der Waals surface area (Å²) in [7, 11) is 0. The summed E-state index contributed by atoms with van der Waals surface area (Å²) in [5.74, 6) is -0.728. The fourth-order valence-corrected chi connectivity index (χ4v) is 3.43. The van der Waals surface area contributed by atoms with Crippen LogP contribution >= 0.6 is 0 Å². The van der Waals surface area contributed by atoms with Crippen molar-refractivity contribution in [1.82, 2.24) is 4.90 Å². The second kappa shape index (κ2) is 5.38. The Hall–Kier alpha value is -0.650. The van der Waals surface area contributed by atoms with Gasteiger partial charge in [0, 0.05) is 13.1 Å². The fraction of sp³-hybridized carbons (Fsp3) is 0.929. The Labute approximate surface area is 115 Å². The highest BCUT2D eigenvalue weighted by Gasteiger charge is 2.45. The fourth-order valence-electron chi connectivity index (χ4n) is 3.43. The van der Waals surface area contributed by atoms with E-state index in [9.17, 15) is 9.90 Å². The lowest BCUT2D eigenvalue weighted by atomic mass is 9.85. The second-order valence-corrected chi connectivity index (χ2v) is 6.61. The van der Waals surface area contributed by atoms with Gasteiger partial charge in [-0.1, -0.05) is 6.42 Å². The molecule has 110 valence electrons. The van der Waals surface area contributed by atoms with E-state index in [1.54, 1.807) is 0 Å². The van der Waals surface area contributed by atoms with Crippen molar-refractivity contribution in [3.05, 3.63) is 0 Å². The SMILES string of the molecule is CC1(C)CN(CCC2CCCC2(N)C(=O)O)CCO1. The predicted octanol–water partition coefficient (Wildman–Crippen LogP) is 1.07. The Bertz CT molecular complexity index is 346. The van der Waals surface area contributed by atoms with E-state index in [4.69, 9.17) is 10.5 Å². The number of ether oxygens (including phenoxy) is 1. The standard InChI is InChI=1S/C14H26N2O3/c1-13(2)10-16(8-9-19-13)7-5-11-4-3-6-14(11,15)12(17)18/h11H,3-10,15H2,1-2H3,(H,17,18). The third-order valence-corrected chi connectivity index (χ3v) is 4.57. The number of nitrogens with two attached hydrogens (primary N) is 1. The summed E-state index contributed by atoms with van der Waals surface area (Å²) >= 11 is 0. The van der Waals surface area contributed by atoms with Gasteiger partial charge in [0.25, 0.3) is 0 Å². The van der Waals surface area contributed by atoms with Crippen LogP contribution in [0.2, 0.25) is 0 Å². The summed E-state index contributed by atoms with van der Waals surface area (Å²) in [5, 5.41) is 9.30. The van der Waals surface area contributed by atoms with Crippen LogP contribution in [0, 0.1) is 5.92 Å². The highest BCUT2D eigenvalue weighted by Crippen LogP contribution is 2.36. The Kier molecular flexibility index (Phi) is 4.18. The summed E-state index contributed by atoms with van der Waals surface area (Å²) in [4.78, 5) is 13.7. The van der Waals surface area contributed by atoms with Crippen molar-refractivity contribution in [2.24, 2.45) is 11.7 Å². The quantitative estimate of drug-likeness (QED) is 0.799. The van der Waals surface area contributed by atoms with E-state index < -0.39 is 11.5 Å². The van der Waals surface area contributed by atoms with E-state index >= 15 is 0 Å². The van der Waals surface area contributed by atoms with E-state index in [0.29, 0.717) is 6.42 Å². The lowest BCUT2D eigenvalue weighted by molar-refractivity contribution is -0.145. The molecule has 1 heterocycles. The van der Waals surface area contributed by atoms with Gasteiger partial charge in [0.15, 0.2) is 0 Å². The molecular weight excluding hydrogens is 244 g/mol. The molecular formula is C14H26N2O3. The first-order chi connectivity index (χ1) is 8.83. The van der Waals surface area contributed by atoms with Crippen LogP contribution in [0.3, 0.4) is 0 Å². The highest BCUT2D eigenvalue weighted by molar-refractivity contribution is 5.79. The van der Waals surface area contributed by atoms with Crippen molar-refractivity contribution in [3.63, 3.8) is 0 Å². The summed E-state index contributed by atoms with van der Waals surface area (Å²) in [6.07, 6.45) is 3.36. The molecule has 3 N–H and O–H groups in total. The Balaban J connectivity index is 1.87. The Morgan fingerprint density at radius 3 is 2.89 bits per heavy atom. The molecule has 5 nitrogen and oxygen atoms in total. The summed E-state index contributed by atoms with van der Waals surface area (Å²) in [5.41, 5.74) is 4.98. The van der Waals surface area contributed by atoms with Crippen LogP contribution in [0.1, 0.15) is 39.5 Å². The average molecular weight is 270 g/mol. The number of carboxylic acid groups (broad SMARTS) is 1. The van der Waals surface area contributed by atoms with Crippen LogP contribution in [0.5, 0.6) is 0 Å². The number of nitrogens with zero attached hydrogens (tertiary/aromatic N) is 1. The summed E-state index contributed by atoms with van der Waals surface area (Å²) in [6, 6.07) is 0. The Morgan fingerprint density at radius 1 is 1.53 bits per heavy atom. The molecule has 2 unspecified atom stereocenters. The molecule has 1 saturated heterocycles. The van der Waals surface area contributed by atoms with Crippen LogP contribution in [-0.4, -0.2) is 53.4 Å². The predicted molar refractivity (Wildman–Crippen MR) is 73.0 cm³/mol. The molecule has 0 radical (unpaired) electrons. The average Bonchev–Trinajstić information content (AvgIpc) is 2.68. The molecule has 2 rings (SSSR count). The molecule has 2 fully saturated rings. The number of hydrogen-bond donors (Lipinski definition) is 2. The van der Waals surface area contributed by atoms with Gasteiger partial charge in [0.05, 0.1) is 12.2 Å². The molecule has 1 aliphatic heterocycles. The maximum absolute atomic E-state index is 11.3. The van der Waals surface area contributed by atoms with Gasteiger partial charge < -0.3 is 15.6 Å². The largest absolute Gasteiger partial charge is 0.480 e. The lowest BCUT2D eigenvalue weighted by Crippen LogP contribution is -2.53. The molecule has 1 aliphatic carbocycles. The topological polar surface area (TPSA) is 75.8 Å². The molecule has 2 aliphatic rings. The van der Waals surface area contributed by atoms with Gasteiger partial charge in [-0.25, -0.2) is 0 Å². The third-order valence-electron chi connectivity index (χ3n) is 4.57. The number of morpholine rings is 1. The van der Waals surface area contributed by atoms with Crippen molar-refractivity contribution in [2.45, 2.75) is 50.7 Å². The zero-order chi connectivity index (χ0) is 14.1. The summed E-state index contributed by atoms with van der Waals surface area (Å²) < 4.78 is 5.69. The molecule has 0 bridgehead atoms. The molecule has 19 heavy (non-hydrogen) atoms. The zero-order valence-electron chi connectivity index (χ0n) is 12.0. The minimum absolute atomic E-state index is 0.0967. The third kappa shape index (κ3) is 3.27. The van der Waals surface area contributed by atoms with Crippen molar-refractivity contribution in [2.75, 3.05) is 26.2 Å². The monoisotopic (exact) mass is 270 g/mol. The van der Waals surface area contributed by atoms with Gasteiger partial charge >= 0.3 is 5.97 Å². The lowest BCUT2D eigenvalue weighted by Gasteiger charge is -2.39. The van der Waals surface area contributed by atoms with E-state index in [0.717, 1.165) is 45.5 Å². The van der Waals surface area contributed by atoms with Gasteiger partial charge in [-0.2, -0.15) is 0 Å². The van der Waals surface area contributed by atoms with E-state index in [-0.39, 0.29) is 11.5 Å². The number of carboxylic acids is 1. The number of rotatable bonds is 4. The molecule has 0 amide bonds. The molecule has 0 aromatic rings. The van der Waals surface area contributed by atoms with E-state index in [1.165, 1.54) is 0 Å². The van der Waals surface area contributed by atoms with Crippen molar-refractivity contribution in [1.29, 1.82) is 0 Å². The zero-order valence-corrected chi connectivity index (χ0v) is 12.0. The molecule has 2 atom stereocenters. The molecule has 0 aromatic carbocycles. The van der Waals surface area contributed by atoms with Crippen molar-refractivity contribution < 1.29 is 14.6 Å². The number of hydrogen-bond acceptors (Lipinski definition) is 4. The van der Waals surface area contributed by atoms with Crippen LogP contribution in [0.25, 0.3) is 0 Å². The van der Waals surface area contributed by atoms with Crippen LogP contribution in [-0.2, 0) is 9.53 Å². The highest BCUT2D eigenvalue weighted by atomic mass is 16.5.